The van der Waals surface area contributed by atoms with Gasteiger partial charge in [0.1, 0.15) is 0 Å². The molecule has 0 unspecified atom stereocenters. The van der Waals surface area contributed by atoms with Crippen LogP contribution < -0.4 is 5.32 Å². The predicted molar refractivity (Wildman–Crippen MR) is 72.8 cm³/mol. The van der Waals surface area contributed by atoms with Crippen LogP contribution in [0.25, 0.3) is 0 Å². The van der Waals surface area contributed by atoms with Crippen molar-refractivity contribution in [2.24, 2.45) is 0 Å². The van der Waals surface area contributed by atoms with Crippen LogP contribution >= 0.6 is 15.9 Å². The molecule has 0 aliphatic heterocycles. The summed E-state index contributed by atoms with van der Waals surface area (Å²) < 4.78 is 0. The first-order chi connectivity index (χ1) is 8.10. The average Bonchev–Trinajstić information content (AvgIpc) is 2.31. The second-order valence-electron chi connectivity index (χ2n) is 3.76. The number of rotatable bonds is 5. The van der Waals surface area contributed by atoms with Crippen molar-refractivity contribution in [2.45, 2.75) is 26.7 Å². The van der Waals surface area contributed by atoms with E-state index in [0.717, 1.165) is 5.56 Å². The Kier molecular flexibility index (Phi) is 5.35. The summed E-state index contributed by atoms with van der Waals surface area (Å²) in [5.41, 5.74) is 2.15. The molecule has 1 aromatic rings. The van der Waals surface area contributed by atoms with E-state index in [1.807, 2.05) is 26.0 Å². The number of hydrogen-bond acceptors (Lipinski definition) is 2. The molecule has 17 heavy (non-hydrogen) atoms. The standard InChI is InChI=1S/C13H16BrNO2/c1-3-11(16)10-6-4-5-9(2)13(10)15-12(17)7-8-14/h4-6H,3,7-8H2,1-2H3,(H,15,17). The van der Waals surface area contributed by atoms with Crippen LogP contribution in [-0.4, -0.2) is 17.0 Å². The number of amides is 1. The smallest absolute Gasteiger partial charge is 0.225 e. The summed E-state index contributed by atoms with van der Waals surface area (Å²) in [5.74, 6) is -0.0378. The number of Topliss-reactive ketones (excluding diaryl/α,β-unsaturated/α-hetero) is 1. The Balaban J connectivity index is 3.03. The third kappa shape index (κ3) is 3.66. The van der Waals surface area contributed by atoms with Crippen LogP contribution in [0.4, 0.5) is 5.69 Å². The molecule has 0 atom stereocenters. The summed E-state index contributed by atoms with van der Waals surface area (Å²) in [7, 11) is 0. The average molecular weight is 298 g/mol. The normalized spacial score (nSPS) is 10.1. The number of hydrogen-bond donors (Lipinski definition) is 1. The van der Waals surface area contributed by atoms with Crippen molar-refractivity contribution in [3.8, 4) is 0 Å². The lowest BCUT2D eigenvalue weighted by Gasteiger charge is -2.12. The Morgan fingerprint density at radius 3 is 2.65 bits per heavy atom. The largest absolute Gasteiger partial charge is 0.325 e. The Labute approximate surface area is 110 Å². The van der Waals surface area contributed by atoms with Gasteiger partial charge < -0.3 is 5.32 Å². The van der Waals surface area contributed by atoms with Crippen molar-refractivity contribution in [2.75, 3.05) is 10.6 Å². The van der Waals surface area contributed by atoms with Crippen LogP contribution in [0.1, 0.15) is 35.7 Å². The van der Waals surface area contributed by atoms with Crippen molar-refractivity contribution in [1.29, 1.82) is 0 Å². The van der Waals surface area contributed by atoms with E-state index >= 15 is 0 Å². The quantitative estimate of drug-likeness (QED) is 0.669. The van der Waals surface area contributed by atoms with Gasteiger partial charge in [0.2, 0.25) is 5.91 Å². The maximum atomic E-state index is 11.8. The highest BCUT2D eigenvalue weighted by Crippen LogP contribution is 2.22. The zero-order chi connectivity index (χ0) is 12.8. The highest BCUT2D eigenvalue weighted by Gasteiger charge is 2.13. The number of anilines is 1. The lowest BCUT2D eigenvalue weighted by atomic mass is 10.0. The molecule has 92 valence electrons. The van der Waals surface area contributed by atoms with E-state index in [1.165, 1.54) is 0 Å². The first kappa shape index (κ1) is 13.9. The molecule has 0 saturated carbocycles. The molecular formula is C13H16BrNO2. The monoisotopic (exact) mass is 297 g/mol. The molecule has 0 bridgehead atoms. The van der Waals surface area contributed by atoms with E-state index in [0.29, 0.717) is 29.4 Å². The van der Waals surface area contributed by atoms with Gasteiger partial charge in [0.05, 0.1) is 5.69 Å². The molecule has 0 radical (unpaired) electrons. The molecule has 0 spiro atoms. The Hall–Kier alpha value is -1.16. The lowest BCUT2D eigenvalue weighted by Crippen LogP contribution is -2.15. The molecule has 0 aliphatic carbocycles. The maximum absolute atomic E-state index is 11.8. The summed E-state index contributed by atoms with van der Waals surface area (Å²) >= 11 is 3.22. The predicted octanol–water partition coefficient (Wildman–Crippen LogP) is 3.31. The van der Waals surface area contributed by atoms with Crippen molar-refractivity contribution in [3.63, 3.8) is 0 Å². The summed E-state index contributed by atoms with van der Waals surface area (Å²) in [4.78, 5) is 23.3. The van der Waals surface area contributed by atoms with Gasteiger partial charge in [-0.1, -0.05) is 35.0 Å². The minimum Gasteiger partial charge on any atom is -0.325 e. The van der Waals surface area contributed by atoms with Gasteiger partial charge in [0.25, 0.3) is 0 Å². The first-order valence-electron chi connectivity index (χ1n) is 5.58. The minimum absolute atomic E-state index is 0.0443. The Morgan fingerprint density at radius 2 is 2.06 bits per heavy atom. The Morgan fingerprint density at radius 1 is 1.35 bits per heavy atom. The molecule has 1 N–H and O–H groups in total. The highest BCUT2D eigenvalue weighted by atomic mass is 79.9. The fraction of sp³-hybridized carbons (Fsp3) is 0.385. The van der Waals surface area contributed by atoms with Gasteiger partial charge in [-0.3, -0.25) is 9.59 Å². The first-order valence-corrected chi connectivity index (χ1v) is 6.71. The SMILES string of the molecule is CCC(=O)c1cccc(C)c1NC(=O)CCBr. The number of para-hydroxylation sites is 1. The van der Waals surface area contributed by atoms with E-state index in [-0.39, 0.29) is 11.7 Å². The number of ketones is 1. The van der Waals surface area contributed by atoms with Crippen LogP contribution in [0, 0.1) is 6.92 Å². The topological polar surface area (TPSA) is 46.2 Å². The molecule has 0 heterocycles. The van der Waals surface area contributed by atoms with Crippen LogP contribution in [0.2, 0.25) is 0 Å². The molecule has 3 nitrogen and oxygen atoms in total. The molecule has 1 aromatic carbocycles. The minimum atomic E-state index is -0.0821. The van der Waals surface area contributed by atoms with Gasteiger partial charge in [-0.05, 0) is 18.6 Å². The molecule has 0 fully saturated rings. The molecule has 0 saturated heterocycles. The maximum Gasteiger partial charge on any atom is 0.225 e. The van der Waals surface area contributed by atoms with Crippen molar-refractivity contribution >= 4 is 33.3 Å². The van der Waals surface area contributed by atoms with Gasteiger partial charge in [-0.25, -0.2) is 0 Å². The van der Waals surface area contributed by atoms with Gasteiger partial charge >= 0.3 is 0 Å². The lowest BCUT2D eigenvalue weighted by molar-refractivity contribution is -0.115. The molecule has 1 rings (SSSR count). The van der Waals surface area contributed by atoms with Gasteiger partial charge in [0, 0.05) is 23.7 Å². The fourth-order valence-corrected chi connectivity index (χ4v) is 1.90. The number of halogens is 1. The third-order valence-corrected chi connectivity index (χ3v) is 2.88. The van der Waals surface area contributed by atoms with Crippen molar-refractivity contribution in [1.82, 2.24) is 0 Å². The van der Waals surface area contributed by atoms with Gasteiger partial charge in [-0.2, -0.15) is 0 Å². The van der Waals surface area contributed by atoms with Gasteiger partial charge in [0.15, 0.2) is 5.78 Å². The zero-order valence-electron chi connectivity index (χ0n) is 10.0. The second-order valence-corrected chi connectivity index (χ2v) is 4.55. The van der Waals surface area contributed by atoms with Crippen LogP contribution in [0.15, 0.2) is 18.2 Å². The third-order valence-electron chi connectivity index (χ3n) is 2.48. The Bertz CT molecular complexity index is 429. The number of carbonyl (C=O) groups excluding carboxylic acids is 2. The van der Waals surface area contributed by atoms with E-state index in [4.69, 9.17) is 0 Å². The van der Waals surface area contributed by atoms with E-state index < -0.39 is 0 Å². The second kappa shape index (κ2) is 6.55. The van der Waals surface area contributed by atoms with Gasteiger partial charge in [-0.15, -0.1) is 0 Å². The number of nitrogens with one attached hydrogen (secondary N) is 1. The van der Waals surface area contributed by atoms with Crippen LogP contribution in [-0.2, 0) is 4.79 Å². The van der Waals surface area contributed by atoms with Crippen molar-refractivity contribution in [3.05, 3.63) is 29.3 Å². The van der Waals surface area contributed by atoms with E-state index in [9.17, 15) is 9.59 Å². The van der Waals surface area contributed by atoms with Crippen LogP contribution in [0.3, 0.4) is 0 Å². The molecule has 0 aliphatic rings. The number of aryl methyl sites for hydroxylation is 1. The fourth-order valence-electron chi connectivity index (χ4n) is 1.54. The molecular weight excluding hydrogens is 282 g/mol. The highest BCUT2D eigenvalue weighted by molar-refractivity contribution is 9.09. The molecule has 0 aromatic heterocycles. The van der Waals surface area contributed by atoms with E-state index in [1.54, 1.807) is 6.07 Å². The molecule has 4 heteroatoms. The summed E-state index contributed by atoms with van der Waals surface area (Å²) in [6.45, 7) is 3.70. The zero-order valence-corrected chi connectivity index (χ0v) is 11.6. The summed E-state index contributed by atoms with van der Waals surface area (Å²) in [6, 6.07) is 5.47. The molecule has 1 amide bonds. The summed E-state index contributed by atoms with van der Waals surface area (Å²) in [5, 5.41) is 3.42. The summed E-state index contributed by atoms with van der Waals surface area (Å²) in [6.07, 6.45) is 0.832. The number of benzene rings is 1. The number of alkyl halides is 1. The van der Waals surface area contributed by atoms with Crippen LogP contribution in [0.5, 0.6) is 0 Å². The number of carbonyl (C=O) groups is 2. The van der Waals surface area contributed by atoms with E-state index in [2.05, 4.69) is 21.2 Å². The van der Waals surface area contributed by atoms with Crippen molar-refractivity contribution < 1.29 is 9.59 Å².